The van der Waals surface area contributed by atoms with Crippen molar-refractivity contribution >= 4 is 23.2 Å². The van der Waals surface area contributed by atoms with E-state index in [0.717, 1.165) is 12.1 Å². The van der Waals surface area contributed by atoms with Crippen molar-refractivity contribution in [2.45, 2.75) is 33.7 Å². The van der Waals surface area contributed by atoms with Crippen LogP contribution in [0.5, 0.6) is 0 Å². The van der Waals surface area contributed by atoms with Gasteiger partial charge in [-0.1, -0.05) is 47.8 Å². The highest BCUT2D eigenvalue weighted by Crippen LogP contribution is 2.32. The molecular weight excluding hydrogens is 301 g/mol. The second-order valence-electron chi connectivity index (χ2n) is 5.51. The molecule has 1 atom stereocenters. The fourth-order valence-corrected chi connectivity index (χ4v) is 3.52. The van der Waals surface area contributed by atoms with Gasteiger partial charge in [-0.2, -0.15) is 0 Å². The van der Waals surface area contributed by atoms with Crippen molar-refractivity contribution < 1.29 is 0 Å². The van der Waals surface area contributed by atoms with Crippen LogP contribution in [0.1, 0.15) is 40.8 Å². The van der Waals surface area contributed by atoms with E-state index in [9.17, 15) is 0 Å². The molecule has 0 radical (unpaired) electrons. The summed E-state index contributed by atoms with van der Waals surface area (Å²) in [6, 6.07) is 10.3. The number of hydrogen-bond donors (Lipinski definition) is 1. The second kappa shape index (κ2) is 6.83. The van der Waals surface area contributed by atoms with Crippen LogP contribution in [0.2, 0.25) is 10.0 Å². The van der Waals surface area contributed by atoms with Crippen molar-refractivity contribution in [3.63, 3.8) is 0 Å². The monoisotopic (exact) mass is 321 g/mol. The van der Waals surface area contributed by atoms with Gasteiger partial charge in [0.15, 0.2) is 0 Å². The van der Waals surface area contributed by atoms with Gasteiger partial charge in [-0.15, -0.1) is 0 Å². The lowest BCUT2D eigenvalue weighted by atomic mass is 9.90. The summed E-state index contributed by atoms with van der Waals surface area (Å²) < 4.78 is 0. The van der Waals surface area contributed by atoms with Crippen molar-refractivity contribution in [3.8, 4) is 0 Å². The van der Waals surface area contributed by atoms with Crippen molar-refractivity contribution in [2.24, 2.45) is 0 Å². The Morgan fingerprint density at radius 1 is 0.905 bits per heavy atom. The lowest BCUT2D eigenvalue weighted by Gasteiger charge is -2.24. The third-order valence-electron chi connectivity index (χ3n) is 3.65. The van der Waals surface area contributed by atoms with Gasteiger partial charge in [0, 0.05) is 10.0 Å². The van der Waals surface area contributed by atoms with E-state index in [1.165, 1.54) is 22.3 Å². The van der Waals surface area contributed by atoms with Gasteiger partial charge in [0.2, 0.25) is 0 Å². The van der Waals surface area contributed by atoms with Crippen molar-refractivity contribution in [3.05, 3.63) is 68.2 Å². The molecule has 2 rings (SSSR count). The van der Waals surface area contributed by atoms with Crippen LogP contribution in [0.3, 0.4) is 0 Å². The summed E-state index contributed by atoms with van der Waals surface area (Å²) in [5.74, 6) is 0. The smallest absolute Gasteiger partial charge is 0.0582 e. The Hall–Kier alpha value is -1.02. The summed E-state index contributed by atoms with van der Waals surface area (Å²) in [6.07, 6.45) is 0. The molecule has 0 aliphatic heterocycles. The summed E-state index contributed by atoms with van der Waals surface area (Å²) >= 11 is 12.3. The molecule has 0 saturated heterocycles. The lowest BCUT2D eigenvalue weighted by molar-refractivity contribution is 0.624. The van der Waals surface area contributed by atoms with Crippen LogP contribution in [0.4, 0.5) is 0 Å². The zero-order chi connectivity index (χ0) is 15.6. The molecule has 0 amide bonds. The molecule has 0 bridgehead atoms. The molecule has 1 unspecified atom stereocenters. The molecule has 0 fully saturated rings. The highest BCUT2D eigenvalue weighted by Gasteiger charge is 2.18. The Morgan fingerprint density at radius 2 is 1.43 bits per heavy atom. The molecule has 0 saturated carbocycles. The Balaban J connectivity index is 2.58. The number of aryl methyl sites for hydroxylation is 3. The third kappa shape index (κ3) is 3.79. The molecule has 0 spiro atoms. The SMILES string of the molecule is CCNC(c1cc(Cl)cc(Cl)c1)c1c(C)cc(C)cc1C. The summed E-state index contributed by atoms with van der Waals surface area (Å²) in [6.45, 7) is 9.43. The molecule has 1 nitrogen and oxygen atoms in total. The maximum atomic E-state index is 6.17. The molecule has 21 heavy (non-hydrogen) atoms. The van der Waals surface area contributed by atoms with Gasteiger partial charge in [-0.3, -0.25) is 0 Å². The maximum Gasteiger partial charge on any atom is 0.0582 e. The van der Waals surface area contributed by atoms with Gasteiger partial charge in [0.25, 0.3) is 0 Å². The van der Waals surface area contributed by atoms with Crippen molar-refractivity contribution in [1.82, 2.24) is 5.32 Å². The largest absolute Gasteiger partial charge is 0.307 e. The van der Waals surface area contributed by atoms with Crippen LogP contribution in [0.25, 0.3) is 0 Å². The van der Waals surface area contributed by atoms with E-state index in [4.69, 9.17) is 23.2 Å². The standard InChI is InChI=1S/C18H21Cl2N/c1-5-21-18(14-8-15(19)10-16(20)9-14)17-12(3)6-11(2)7-13(17)4/h6-10,18,21H,5H2,1-4H3. The van der Waals surface area contributed by atoms with Crippen LogP contribution >= 0.6 is 23.2 Å². The highest BCUT2D eigenvalue weighted by molar-refractivity contribution is 6.34. The third-order valence-corrected chi connectivity index (χ3v) is 4.09. The lowest BCUT2D eigenvalue weighted by Crippen LogP contribution is -2.23. The summed E-state index contributed by atoms with van der Waals surface area (Å²) in [4.78, 5) is 0. The minimum Gasteiger partial charge on any atom is -0.307 e. The molecular formula is C18H21Cl2N. The average molecular weight is 322 g/mol. The molecule has 112 valence electrons. The molecule has 0 heterocycles. The van der Waals surface area contributed by atoms with E-state index >= 15 is 0 Å². The van der Waals surface area contributed by atoms with Gasteiger partial charge >= 0.3 is 0 Å². The highest BCUT2D eigenvalue weighted by atomic mass is 35.5. The number of halogens is 2. The average Bonchev–Trinajstić information content (AvgIpc) is 2.35. The van der Waals surface area contributed by atoms with E-state index in [2.05, 4.69) is 45.1 Å². The Bertz CT molecular complexity index is 606. The first-order chi connectivity index (χ1) is 9.92. The first kappa shape index (κ1) is 16.4. The predicted molar refractivity (Wildman–Crippen MR) is 92.6 cm³/mol. The van der Waals surface area contributed by atoms with Crippen LogP contribution in [-0.2, 0) is 0 Å². The predicted octanol–water partition coefficient (Wildman–Crippen LogP) is 5.62. The Kier molecular flexibility index (Phi) is 5.32. The van der Waals surface area contributed by atoms with Gasteiger partial charge in [0.05, 0.1) is 6.04 Å². The van der Waals surface area contributed by atoms with E-state index in [1.807, 2.05) is 12.1 Å². The van der Waals surface area contributed by atoms with Crippen LogP contribution < -0.4 is 5.32 Å². The topological polar surface area (TPSA) is 12.0 Å². The number of nitrogens with one attached hydrogen (secondary N) is 1. The fourth-order valence-electron chi connectivity index (χ4n) is 2.98. The molecule has 1 N–H and O–H groups in total. The zero-order valence-electron chi connectivity index (χ0n) is 12.9. The van der Waals surface area contributed by atoms with Crippen LogP contribution in [0.15, 0.2) is 30.3 Å². The maximum absolute atomic E-state index is 6.17. The Labute approximate surface area is 137 Å². The molecule has 2 aromatic carbocycles. The first-order valence-corrected chi connectivity index (χ1v) is 7.95. The second-order valence-corrected chi connectivity index (χ2v) is 6.38. The fraction of sp³-hybridized carbons (Fsp3) is 0.333. The summed E-state index contributed by atoms with van der Waals surface area (Å²) in [5, 5.41) is 4.89. The molecule has 0 aromatic heterocycles. The molecule has 3 heteroatoms. The van der Waals surface area contributed by atoms with Gasteiger partial charge in [-0.25, -0.2) is 0 Å². The zero-order valence-corrected chi connectivity index (χ0v) is 14.4. The molecule has 0 aliphatic rings. The van der Waals surface area contributed by atoms with Crippen LogP contribution in [0, 0.1) is 20.8 Å². The Morgan fingerprint density at radius 3 is 1.90 bits per heavy atom. The summed E-state index contributed by atoms with van der Waals surface area (Å²) in [7, 11) is 0. The normalized spacial score (nSPS) is 12.5. The minimum absolute atomic E-state index is 0.104. The van der Waals surface area contributed by atoms with Crippen molar-refractivity contribution in [2.75, 3.05) is 6.54 Å². The van der Waals surface area contributed by atoms with E-state index < -0.39 is 0 Å². The van der Waals surface area contributed by atoms with Crippen molar-refractivity contribution in [1.29, 1.82) is 0 Å². The first-order valence-electron chi connectivity index (χ1n) is 7.19. The minimum atomic E-state index is 0.104. The quantitative estimate of drug-likeness (QED) is 0.770. The molecule has 2 aromatic rings. The molecule has 0 aliphatic carbocycles. The number of rotatable bonds is 4. The summed E-state index contributed by atoms with van der Waals surface area (Å²) in [5.41, 5.74) is 6.27. The number of hydrogen-bond acceptors (Lipinski definition) is 1. The van der Waals surface area contributed by atoms with E-state index in [0.29, 0.717) is 10.0 Å². The van der Waals surface area contributed by atoms with Crippen LogP contribution in [-0.4, -0.2) is 6.54 Å². The van der Waals surface area contributed by atoms with E-state index in [-0.39, 0.29) is 6.04 Å². The van der Waals surface area contributed by atoms with Gasteiger partial charge in [0.1, 0.15) is 0 Å². The van der Waals surface area contributed by atoms with E-state index in [1.54, 1.807) is 6.07 Å². The van der Waals surface area contributed by atoms with Gasteiger partial charge in [-0.05, 0) is 67.8 Å². The number of benzene rings is 2. The van der Waals surface area contributed by atoms with Gasteiger partial charge < -0.3 is 5.32 Å².